The number of alkyl halides is 2. The van der Waals surface area contributed by atoms with Crippen molar-refractivity contribution in [1.82, 2.24) is 34.1 Å². The molecule has 2 aromatic heterocycles. The van der Waals surface area contributed by atoms with Gasteiger partial charge in [-0.25, -0.2) is 19.3 Å². The molecule has 4 heterocycles. The van der Waals surface area contributed by atoms with Crippen molar-refractivity contribution in [2.75, 3.05) is 38.1 Å². The largest absolute Gasteiger partial charge is 0.508 e. The van der Waals surface area contributed by atoms with Gasteiger partial charge < -0.3 is 29.1 Å². The summed E-state index contributed by atoms with van der Waals surface area (Å²) in [5, 5.41) is 29.8. The molecule has 16 nitrogen and oxygen atoms in total. The van der Waals surface area contributed by atoms with E-state index in [0.29, 0.717) is 35.5 Å². The van der Waals surface area contributed by atoms with Gasteiger partial charge in [0.2, 0.25) is 6.23 Å². The lowest BCUT2D eigenvalue weighted by atomic mass is 9.98. The van der Waals surface area contributed by atoms with Crippen LogP contribution in [0.3, 0.4) is 0 Å². The van der Waals surface area contributed by atoms with Crippen molar-refractivity contribution < 1.29 is 37.4 Å². The van der Waals surface area contributed by atoms with Crippen LogP contribution in [0.15, 0.2) is 82.5 Å². The summed E-state index contributed by atoms with van der Waals surface area (Å²) in [6, 6.07) is 19.0. The second-order valence-corrected chi connectivity index (χ2v) is 31.8. The molecule has 0 bridgehead atoms. The number of hydrogen-bond donors (Lipinski definition) is 4. The summed E-state index contributed by atoms with van der Waals surface area (Å²) >= 11 is 0. The number of piperazine rings is 1. The van der Waals surface area contributed by atoms with Crippen LogP contribution in [0.5, 0.6) is 11.5 Å². The number of ether oxygens (including phenoxy) is 1. The van der Waals surface area contributed by atoms with Crippen LogP contribution >= 0.6 is 0 Å². The predicted molar refractivity (Wildman–Crippen MR) is 275 cm³/mol. The first kappa shape index (κ1) is 53.4. The highest BCUT2D eigenvalue weighted by molar-refractivity contribution is 6.74. The number of hydrogen-bond acceptors (Lipinski definition) is 12. The van der Waals surface area contributed by atoms with Crippen molar-refractivity contribution in [2.24, 2.45) is 0 Å². The Labute approximate surface area is 416 Å². The number of amides is 1. The van der Waals surface area contributed by atoms with Gasteiger partial charge in [0.25, 0.3) is 5.91 Å². The van der Waals surface area contributed by atoms with E-state index < -0.39 is 58.3 Å². The standard InChI is InChI=1S/C51H70F2N8O8Si2/c1-32(2)37-27-38(40(63)28-39(37)62)44-56-57-48(66)61(44)36-19-15-34(16-20-36)30-59-25-23-58(24-26-59)29-33-13-17-35(18-14-33)45(64)54-42-21-22-60(47(65)55-42)46-51(52,53)43(69-71(11,12)50(6,7)8)41(68-46)31-67-70(9,10)49(3,4)5/h13-22,27-28,32,41,43,46,62-63H,23-26,29-31H2,1-12H3,(H,57,66)(H,54,55,64,65). The highest BCUT2D eigenvalue weighted by Crippen LogP contribution is 2.49. The van der Waals surface area contributed by atoms with Crippen molar-refractivity contribution >= 4 is 28.4 Å². The van der Waals surface area contributed by atoms with Gasteiger partial charge in [-0.1, -0.05) is 79.7 Å². The molecule has 2 saturated heterocycles. The predicted octanol–water partition coefficient (Wildman–Crippen LogP) is 8.83. The van der Waals surface area contributed by atoms with Gasteiger partial charge in [-0.05, 0) is 95.3 Å². The molecule has 0 radical (unpaired) electrons. The topological polar surface area (TPSA) is 189 Å². The van der Waals surface area contributed by atoms with E-state index in [1.54, 1.807) is 18.2 Å². The van der Waals surface area contributed by atoms with Crippen LogP contribution < -0.4 is 16.7 Å². The van der Waals surface area contributed by atoms with E-state index in [-0.39, 0.29) is 45.7 Å². The minimum absolute atomic E-state index is 0.0179. The van der Waals surface area contributed by atoms with Gasteiger partial charge in [-0.3, -0.25) is 19.2 Å². The van der Waals surface area contributed by atoms with Gasteiger partial charge in [0, 0.05) is 57.1 Å². The Morgan fingerprint density at radius 3 is 1.96 bits per heavy atom. The molecule has 5 aromatic rings. The summed E-state index contributed by atoms with van der Waals surface area (Å²) in [6.45, 7) is 28.4. The lowest BCUT2D eigenvalue weighted by molar-refractivity contribution is -0.138. The minimum Gasteiger partial charge on any atom is -0.508 e. The molecule has 2 aliphatic rings. The van der Waals surface area contributed by atoms with Gasteiger partial charge in [0.15, 0.2) is 22.5 Å². The maximum atomic E-state index is 16.6. The normalized spacial score (nSPS) is 19.4. The van der Waals surface area contributed by atoms with E-state index in [0.717, 1.165) is 41.9 Å². The molecule has 7 rings (SSSR count). The number of rotatable bonds is 15. The maximum absolute atomic E-state index is 16.6. The fourth-order valence-electron chi connectivity index (χ4n) is 8.19. The SMILES string of the molecule is CC(C)c1cc(-c2n[nH]c(=O)n2-c2ccc(CN3CCN(Cc4ccc(C(=O)Nc5ccn(C6OC(CO[Si](C)(C)C(C)(C)C)C(O[Si](C)(C)C(C)(C)C)C6(F)F)c(=O)n5)cc4)CC3)cc2)c(O)cc1O. The Morgan fingerprint density at radius 2 is 1.42 bits per heavy atom. The van der Waals surface area contributed by atoms with Crippen LogP contribution in [0.1, 0.15) is 94.6 Å². The number of aromatic amines is 1. The third-order valence-corrected chi connectivity index (χ3v) is 23.6. The van der Waals surface area contributed by atoms with Gasteiger partial charge in [-0.15, -0.1) is 0 Å². The van der Waals surface area contributed by atoms with E-state index in [2.05, 4.69) is 51.1 Å². The van der Waals surface area contributed by atoms with Crippen LogP contribution in [0.4, 0.5) is 14.6 Å². The monoisotopic (exact) mass is 1020 g/mol. The summed E-state index contributed by atoms with van der Waals surface area (Å²) in [5.74, 6) is -4.20. The fraction of sp³-hybridized carbons (Fsp3) is 0.510. The zero-order valence-electron chi connectivity index (χ0n) is 43.0. The van der Waals surface area contributed by atoms with E-state index in [9.17, 15) is 24.6 Å². The molecule has 1 amide bonds. The summed E-state index contributed by atoms with van der Waals surface area (Å²) in [6.07, 6.45) is -3.65. The highest BCUT2D eigenvalue weighted by Gasteiger charge is 2.63. The third-order valence-electron chi connectivity index (χ3n) is 14.7. The molecular formula is C51H70F2N8O8Si2. The van der Waals surface area contributed by atoms with Gasteiger partial charge in [0.1, 0.15) is 29.5 Å². The van der Waals surface area contributed by atoms with Crippen molar-refractivity contribution in [3.05, 3.63) is 116 Å². The first-order chi connectivity index (χ1) is 33.1. The zero-order valence-corrected chi connectivity index (χ0v) is 45.0. The molecular weight excluding hydrogens is 947 g/mol. The fourth-order valence-corrected chi connectivity index (χ4v) is 10.5. The van der Waals surface area contributed by atoms with Crippen molar-refractivity contribution in [3.8, 4) is 28.6 Å². The molecule has 2 aliphatic heterocycles. The van der Waals surface area contributed by atoms with Gasteiger partial charge in [-0.2, -0.15) is 18.9 Å². The van der Waals surface area contributed by atoms with Crippen LogP contribution in [0.25, 0.3) is 17.1 Å². The number of carbonyl (C=O) groups is 1. The Kier molecular flexibility index (Phi) is 15.3. The van der Waals surface area contributed by atoms with Crippen LogP contribution in [-0.4, -0.2) is 118 Å². The number of H-pyrrole nitrogens is 1. The van der Waals surface area contributed by atoms with Crippen molar-refractivity contribution in [2.45, 2.75) is 135 Å². The molecule has 0 aliphatic carbocycles. The number of phenolic OH excluding ortho intramolecular Hbond substituents is 2. The quantitative estimate of drug-likeness (QED) is 0.0731. The number of carbonyl (C=O) groups excluding carboxylic acids is 1. The number of aromatic hydroxyl groups is 2. The Hall–Kier alpha value is -5.36. The number of nitrogens with one attached hydrogen (secondary N) is 2. The van der Waals surface area contributed by atoms with Crippen molar-refractivity contribution in [3.63, 3.8) is 0 Å². The second-order valence-electron chi connectivity index (χ2n) is 22.2. The number of benzene rings is 3. The number of halogens is 2. The smallest absolute Gasteiger partial charge is 0.351 e. The van der Waals surface area contributed by atoms with Gasteiger partial charge in [0.05, 0.1) is 17.9 Å². The van der Waals surface area contributed by atoms with Crippen LogP contribution in [0, 0.1) is 0 Å². The van der Waals surface area contributed by atoms with E-state index >= 15 is 8.78 Å². The van der Waals surface area contributed by atoms with E-state index in [1.807, 2.05) is 97.2 Å². The molecule has 20 heteroatoms. The number of aromatic nitrogens is 5. The number of nitrogens with zero attached hydrogens (tertiary/aromatic N) is 6. The second kappa shape index (κ2) is 20.3. The van der Waals surface area contributed by atoms with Crippen molar-refractivity contribution in [1.29, 1.82) is 0 Å². The maximum Gasteiger partial charge on any atom is 0.351 e. The first-order valence-corrected chi connectivity index (χ1v) is 30.0. The Bertz CT molecular complexity index is 2810. The molecule has 384 valence electrons. The van der Waals surface area contributed by atoms with Gasteiger partial charge >= 0.3 is 17.3 Å². The molecule has 3 atom stereocenters. The summed E-state index contributed by atoms with van der Waals surface area (Å²) in [7, 11) is -5.11. The highest BCUT2D eigenvalue weighted by atomic mass is 28.4. The first-order valence-electron chi connectivity index (χ1n) is 24.2. The summed E-state index contributed by atoms with van der Waals surface area (Å²) in [5.41, 5.74) is 2.50. The lowest BCUT2D eigenvalue weighted by Gasteiger charge is -2.41. The Morgan fingerprint density at radius 1 is 0.859 bits per heavy atom. The van der Waals surface area contributed by atoms with E-state index in [1.165, 1.54) is 22.9 Å². The number of phenols is 2. The molecule has 0 saturated carbocycles. The molecule has 3 unspecified atom stereocenters. The molecule has 0 spiro atoms. The average Bonchev–Trinajstić information content (AvgIpc) is 3.77. The zero-order chi connectivity index (χ0) is 52.0. The Balaban J connectivity index is 0.929. The number of anilines is 1. The van der Waals surface area contributed by atoms with Crippen LogP contribution in [0.2, 0.25) is 36.3 Å². The van der Waals surface area contributed by atoms with E-state index in [4.69, 9.17) is 13.6 Å². The molecule has 4 N–H and O–H groups in total. The van der Waals surface area contributed by atoms with Crippen LogP contribution in [-0.2, 0) is 26.7 Å². The summed E-state index contributed by atoms with van der Waals surface area (Å²) in [4.78, 5) is 48.3. The molecule has 2 fully saturated rings. The average molecular weight is 1020 g/mol. The molecule has 71 heavy (non-hydrogen) atoms. The lowest BCUT2D eigenvalue weighted by Crippen LogP contribution is -2.53. The third kappa shape index (κ3) is 11.6. The summed E-state index contributed by atoms with van der Waals surface area (Å²) < 4.78 is 54.0. The molecule has 3 aromatic carbocycles. The minimum atomic E-state index is -3.61.